The van der Waals surface area contributed by atoms with Crippen LogP contribution in [-0.4, -0.2) is 17.6 Å². The molecule has 0 bridgehead atoms. The number of ether oxygens (including phenoxy) is 1. The molecule has 14 heavy (non-hydrogen) atoms. The molecule has 0 amide bonds. The summed E-state index contributed by atoms with van der Waals surface area (Å²) >= 11 is 1.14. The van der Waals surface area contributed by atoms with E-state index in [1.165, 1.54) is 5.38 Å². The van der Waals surface area contributed by atoms with Crippen LogP contribution < -0.4 is 0 Å². The normalized spacial score (nSPS) is 9.43. The number of rotatable bonds is 4. The molecular weight excluding hydrogens is 200 g/mol. The topological polar surface area (TPSA) is 63.0 Å². The predicted octanol–water partition coefficient (Wildman–Crippen LogP) is 1.97. The molecule has 0 atom stereocenters. The largest absolute Gasteiger partial charge is 0.461 e. The van der Waals surface area contributed by atoms with Gasteiger partial charge in [0.1, 0.15) is 6.07 Å². The third kappa shape index (κ3) is 2.82. The third-order valence-electron chi connectivity index (χ3n) is 1.54. The zero-order valence-corrected chi connectivity index (χ0v) is 8.63. The smallest absolute Gasteiger partial charge is 0.357 e. The quantitative estimate of drug-likeness (QED) is 0.563. The van der Waals surface area contributed by atoms with Crippen LogP contribution >= 0.6 is 11.3 Å². The lowest BCUT2D eigenvalue weighted by atomic mass is 10.4. The van der Waals surface area contributed by atoms with Crippen molar-refractivity contribution in [2.45, 2.75) is 19.8 Å². The summed E-state index contributed by atoms with van der Waals surface area (Å²) in [5.41, 5.74) is 0.225. The Hall–Kier alpha value is -1.41. The van der Waals surface area contributed by atoms with Gasteiger partial charge in [-0.25, -0.2) is 9.78 Å². The summed E-state index contributed by atoms with van der Waals surface area (Å²) < 4.78 is 4.92. The monoisotopic (exact) mass is 210 g/mol. The fourth-order valence-electron chi connectivity index (χ4n) is 0.802. The minimum Gasteiger partial charge on any atom is -0.461 e. The van der Waals surface area contributed by atoms with E-state index in [1.54, 1.807) is 0 Å². The molecule has 0 aliphatic carbocycles. The van der Waals surface area contributed by atoms with Crippen LogP contribution in [0, 0.1) is 11.3 Å². The SMILES string of the molecule is CCCCOC(=O)c1csc(C#N)n1. The molecule has 0 aromatic carbocycles. The van der Waals surface area contributed by atoms with Gasteiger partial charge in [-0.1, -0.05) is 13.3 Å². The molecule has 0 aliphatic heterocycles. The molecule has 0 N–H and O–H groups in total. The van der Waals surface area contributed by atoms with Crippen molar-refractivity contribution in [1.82, 2.24) is 4.98 Å². The van der Waals surface area contributed by atoms with E-state index < -0.39 is 5.97 Å². The number of hydrogen-bond acceptors (Lipinski definition) is 5. The molecule has 1 heterocycles. The van der Waals surface area contributed by atoms with E-state index in [0.717, 1.165) is 24.2 Å². The van der Waals surface area contributed by atoms with E-state index >= 15 is 0 Å². The number of aromatic nitrogens is 1. The Morgan fingerprint density at radius 1 is 1.79 bits per heavy atom. The minimum atomic E-state index is -0.448. The lowest BCUT2D eigenvalue weighted by Gasteiger charge is -1.99. The second-order valence-corrected chi connectivity index (χ2v) is 3.50. The summed E-state index contributed by atoms with van der Waals surface area (Å²) in [5.74, 6) is -0.448. The van der Waals surface area contributed by atoms with E-state index in [9.17, 15) is 4.79 Å². The zero-order chi connectivity index (χ0) is 10.4. The van der Waals surface area contributed by atoms with Crippen LogP contribution in [0.2, 0.25) is 0 Å². The molecule has 1 rings (SSSR count). The summed E-state index contributed by atoms with van der Waals surface area (Å²) in [6.07, 6.45) is 1.83. The van der Waals surface area contributed by atoms with Crippen LogP contribution in [0.3, 0.4) is 0 Å². The molecule has 74 valence electrons. The second-order valence-electron chi connectivity index (χ2n) is 2.64. The van der Waals surface area contributed by atoms with Crippen molar-refractivity contribution >= 4 is 17.3 Å². The lowest BCUT2D eigenvalue weighted by molar-refractivity contribution is 0.0493. The number of unbranched alkanes of at least 4 members (excludes halogenated alkanes) is 1. The van der Waals surface area contributed by atoms with Gasteiger partial charge in [-0.05, 0) is 6.42 Å². The number of nitrogens with zero attached hydrogens (tertiary/aromatic N) is 2. The van der Waals surface area contributed by atoms with Crippen molar-refractivity contribution in [3.05, 3.63) is 16.1 Å². The molecule has 5 heteroatoms. The molecule has 0 fully saturated rings. The molecule has 1 aromatic rings. The number of hydrogen-bond donors (Lipinski definition) is 0. The van der Waals surface area contributed by atoms with Gasteiger partial charge in [0, 0.05) is 5.38 Å². The Morgan fingerprint density at radius 3 is 3.14 bits per heavy atom. The van der Waals surface area contributed by atoms with Crippen molar-refractivity contribution in [2.75, 3.05) is 6.61 Å². The average Bonchev–Trinajstić information content (AvgIpc) is 2.66. The van der Waals surface area contributed by atoms with E-state index in [-0.39, 0.29) is 10.7 Å². The Labute approximate surface area is 86.1 Å². The summed E-state index contributed by atoms with van der Waals surface area (Å²) in [5, 5.41) is 10.3. The van der Waals surface area contributed by atoms with E-state index in [1.807, 2.05) is 13.0 Å². The maximum absolute atomic E-state index is 11.3. The van der Waals surface area contributed by atoms with Gasteiger partial charge in [0.2, 0.25) is 0 Å². The van der Waals surface area contributed by atoms with Crippen molar-refractivity contribution in [2.24, 2.45) is 0 Å². The van der Waals surface area contributed by atoms with Gasteiger partial charge in [-0.15, -0.1) is 11.3 Å². The van der Waals surface area contributed by atoms with E-state index in [2.05, 4.69) is 4.98 Å². The first kappa shape index (κ1) is 10.7. The molecule has 4 nitrogen and oxygen atoms in total. The van der Waals surface area contributed by atoms with Gasteiger partial charge in [-0.3, -0.25) is 0 Å². The van der Waals surface area contributed by atoms with Crippen LogP contribution in [0.15, 0.2) is 5.38 Å². The van der Waals surface area contributed by atoms with Crippen LogP contribution in [0.25, 0.3) is 0 Å². The third-order valence-corrected chi connectivity index (χ3v) is 2.29. The van der Waals surface area contributed by atoms with Crippen LogP contribution in [-0.2, 0) is 4.74 Å². The highest BCUT2D eigenvalue weighted by Crippen LogP contribution is 2.09. The zero-order valence-electron chi connectivity index (χ0n) is 7.82. The summed E-state index contributed by atoms with van der Waals surface area (Å²) in [6.45, 7) is 2.43. The predicted molar refractivity (Wildman–Crippen MR) is 52.0 cm³/mol. The second kappa shape index (κ2) is 5.35. The molecular formula is C9H10N2O2S. The Balaban J connectivity index is 2.49. The Kier molecular flexibility index (Phi) is 4.08. The molecule has 0 spiro atoms. The number of carbonyl (C=O) groups is 1. The van der Waals surface area contributed by atoms with Gasteiger partial charge < -0.3 is 4.74 Å². The summed E-state index contributed by atoms with van der Waals surface area (Å²) in [6, 6.07) is 1.87. The van der Waals surface area contributed by atoms with Gasteiger partial charge in [-0.2, -0.15) is 5.26 Å². The number of esters is 1. The first-order valence-corrected chi connectivity index (χ1v) is 5.18. The van der Waals surface area contributed by atoms with Crippen LogP contribution in [0.5, 0.6) is 0 Å². The Bertz CT molecular complexity index is 354. The van der Waals surface area contributed by atoms with Crippen LogP contribution in [0.4, 0.5) is 0 Å². The van der Waals surface area contributed by atoms with Gasteiger partial charge >= 0.3 is 5.97 Å². The summed E-state index contributed by atoms with van der Waals surface area (Å²) in [7, 11) is 0. The molecule has 0 saturated carbocycles. The van der Waals surface area contributed by atoms with Gasteiger partial charge in [0.25, 0.3) is 0 Å². The highest BCUT2D eigenvalue weighted by Gasteiger charge is 2.11. The van der Waals surface area contributed by atoms with Crippen LogP contribution in [0.1, 0.15) is 35.3 Å². The van der Waals surface area contributed by atoms with E-state index in [4.69, 9.17) is 10.00 Å². The van der Waals surface area contributed by atoms with Crippen molar-refractivity contribution in [1.29, 1.82) is 5.26 Å². The van der Waals surface area contributed by atoms with E-state index in [0.29, 0.717) is 6.61 Å². The maximum Gasteiger partial charge on any atom is 0.357 e. The molecule has 0 unspecified atom stereocenters. The van der Waals surface area contributed by atoms with Crippen molar-refractivity contribution in [3.63, 3.8) is 0 Å². The number of thiazole rings is 1. The fourth-order valence-corrected chi connectivity index (χ4v) is 1.38. The van der Waals surface area contributed by atoms with Crippen molar-refractivity contribution in [3.8, 4) is 6.07 Å². The lowest BCUT2D eigenvalue weighted by Crippen LogP contribution is -2.06. The highest BCUT2D eigenvalue weighted by molar-refractivity contribution is 7.10. The minimum absolute atomic E-state index is 0.225. The average molecular weight is 210 g/mol. The maximum atomic E-state index is 11.3. The molecule has 0 aliphatic rings. The molecule has 1 aromatic heterocycles. The first-order chi connectivity index (χ1) is 6.77. The molecule has 0 saturated heterocycles. The number of nitriles is 1. The summed E-state index contributed by atoms with van der Waals surface area (Å²) in [4.78, 5) is 15.1. The molecule has 0 radical (unpaired) electrons. The Morgan fingerprint density at radius 2 is 2.57 bits per heavy atom. The fraction of sp³-hybridized carbons (Fsp3) is 0.444. The number of carbonyl (C=O) groups excluding carboxylic acids is 1. The highest BCUT2D eigenvalue weighted by atomic mass is 32.1. The standard InChI is InChI=1S/C9H10N2O2S/c1-2-3-4-13-9(12)7-6-14-8(5-10)11-7/h6H,2-4H2,1H3. The van der Waals surface area contributed by atoms with Gasteiger partial charge in [0.05, 0.1) is 6.61 Å². The first-order valence-electron chi connectivity index (χ1n) is 4.30. The van der Waals surface area contributed by atoms with Gasteiger partial charge in [0.15, 0.2) is 10.7 Å². The van der Waals surface area contributed by atoms with Crippen molar-refractivity contribution < 1.29 is 9.53 Å².